The van der Waals surface area contributed by atoms with Gasteiger partial charge in [-0.05, 0) is 46.4 Å². The molecule has 5 rings (SSSR count). The molecule has 0 spiro atoms. The van der Waals surface area contributed by atoms with E-state index in [0.717, 1.165) is 27.8 Å². The standard InChI is InChI=1S/C26H21N4O.Pt/c1-18(2)19-10-11-22-23(15-19)27-16-28-26(22)20-6-5-7-21(14-20)29-12-13-30(17-29)24-8-3-4-9-25(24)31;/h3-13,15-16,18,31H,1-2H3;/q-1;+2. The number of imidazole rings is 1. The molecule has 0 saturated carbocycles. The fourth-order valence-corrected chi connectivity index (χ4v) is 3.64. The number of hydrogen-bond acceptors (Lipinski definition) is 3. The largest absolute Gasteiger partial charge is 2.00 e. The van der Waals surface area contributed by atoms with Gasteiger partial charge in [0.2, 0.25) is 0 Å². The molecule has 0 amide bonds. The average Bonchev–Trinajstić information content (AvgIpc) is 3.29. The van der Waals surface area contributed by atoms with Crippen LogP contribution in [0, 0.1) is 12.4 Å². The number of rotatable bonds is 4. The molecular formula is C26H21N4OPt+. The summed E-state index contributed by atoms with van der Waals surface area (Å²) in [6.45, 7) is 4.35. The van der Waals surface area contributed by atoms with Crippen LogP contribution in [0.2, 0.25) is 0 Å². The van der Waals surface area contributed by atoms with Crippen LogP contribution in [0.15, 0.2) is 79.4 Å². The third kappa shape index (κ3) is 4.08. The van der Waals surface area contributed by atoms with Gasteiger partial charge in [-0.25, -0.2) is 4.98 Å². The van der Waals surface area contributed by atoms with Gasteiger partial charge in [0.1, 0.15) is 17.8 Å². The minimum atomic E-state index is 0. The molecule has 32 heavy (non-hydrogen) atoms. The molecule has 0 radical (unpaired) electrons. The Morgan fingerprint density at radius 1 is 1.00 bits per heavy atom. The molecule has 2 heterocycles. The van der Waals surface area contributed by atoms with Gasteiger partial charge < -0.3 is 9.67 Å². The maximum atomic E-state index is 10.1. The molecule has 1 N–H and O–H groups in total. The molecule has 3 aromatic carbocycles. The zero-order valence-electron chi connectivity index (χ0n) is 17.6. The maximum absolute atomic E-state index is 10.1. The first-order valence-electron chi connectivity index (χ1n) is 10.2. The average molecular weight is 601 g/mol. The molecule has 160 valence electrons. The normalized spacial score (nSPS) is 11.0. The number of hydrogen-bond donors (Lipinski definition) is 1. The van der Waals surface area contributed by atoms with Crippen molar-refractivity contribution in [3.8, 4) is 28.4 Å². The van der Waals surface area contributed by atoms with E-state index in [1.54, 1.807) is 23.0 Å². The molecule has 0 unspecified atom stereocenters. The minimum Gasteiger partial charge on any atom is -0.511 e. The SMILES string of the molecule is CC(C)c1ccc2c(-c3[c-]c(-[n+]4[c-]n(-c5ccccc5O)cc4)ccc3)ncnc2c1.[Pt+2]. The van der Waals surface area contributed by atoms with Crippen molar-refractivity contribution in [2.24, 2.45) is 0 Å². The Labute approximate surface area is 201 Å². The summed E-state index contributed by atoms with van der Waals surface area (Å²) >= 11 is 0. The van der Waals surface area contributed by atoms with Gasteiger partial charge in [-0.2, -0.15) is 0 Å². The van der Waals surface area contributed by atoms with E-state index < -0.39 is 0 Å². The summed E-state index contributed by atoms with van der Waals surface area (Å²) in [4.78, 5) is 9.02. The van der Waals surface area contributed by atoms with Gasteiger partial charge in [0.15, 0.2) is 0 Å². The minimum absolute atomic E-state index is 0. The summed E-state index contributed by atoms with van der Waals surface area (Å²) in [5.41, 5.74) is 5.42. The van der Waals surface area contributed by atoms with E-state index in [-0.39, 0.29) is 26.8 Å². The van der Waals surface area contributed by atoms with Crippen LogP contribution < -0.4 is 4.57 Å². The van der Waals surface area contributed by atoms with E-state index in [1.807, 2.05) is 47.3 Å². The summed E-state index contributed by atoms with van der Waals surface area (Å²) in [5.74, 6) is 0.644. The number of fused-ring (bicyclic) bond motifs is 1. The van der Waals surface area contributed by atoms with Crippen LogP contribution in [-0.2, 0) is 21.1 Å². The fourth-order valence-electron chi connectivity index (χ4n) is 3.64. The maximum Gasteiger partial charge on any atom is 2.00 e. The molecule has 0 bridgehead atoms. The Bertz CT molecular complexity index is 1390. The van der Waals surface area contributed by atoms with Gasteiger partial charge in [-0.15, -0.1) is 29.8 Å². The molecule has 5 aromatic rings. The first-order chi connectivity index (χ1) is 15.1. The van der Waals surface area contributed by atoms with Crippen molar-refractivity contribution in [1.29, 1.82) is 0 Å². The van der Waals surface area contributed by atoms with E-state index in [1.165, 1.54) is 5.56 Å². The first-order valence-corrected chi connectivity index (χ1v) is 10.2. The third-order valence-electron chi connectivity index (χ3n) is 5.34. The summed E-state index contributed by atoms with van der Waals surface area (Å²) in [6, 6.07) is 22.9. The van der Waals surface area contributed by atoms with Crippen molar-refractivity contribution in [1.82, 2.24) is 14.5 Å². The molecule has 5 nitrogen and oxygen atoms in total. The van der Waals surface area contributed by atoms with E-state index in [0.29, 0.717) is 11.6 Å². The predicted octanol–water partition coefficient (Wildman–Crippen LogP) is 4.79. The molecule has 0 aliphatic heterocycles. The predicted molar refractivity (Wildman–Crippen MR) is 119 cm³/mol. The molecule has 0 atom stereocenters. The molecule has 2 aromatic heterocycles. The Hall–Kier alpha value is -3.30. The van der Waals surface area contributed by atoms with Crippen LogP contribution >= 0.6 is 0 Å². The van der Waals surface area contributed by atoms with Gasteiger partial charge in [-0.3, -0.25) is 9.55 Å². The second-order valence-corrected chi connectivity index (χ2v) is 7.73. The Kier molecular flexibility index (Phi) is 6.20. The van der Waals surface area contributed by atoms with Crippen LogP contribution in [0.1, 0.15) is 25.3 Å². The zero-order chi connectivity index (χ0) is 21.4. The van der Waals surface area contributed by atoms with Gasteiger partial charge in [0.05, 0.1) is 5.52 Å². The number of para-hydroxylation sites is 2. The third-order valence-corrected chi connectivity index (χ3v) is 5.34. The van der Waals surface area contributed by atoms with Crippen molar-refractivity contribution < 1.29 is 30.7 Å². The van der Waals surface area contributed by atoms with Crippen molar-refractivity contribution in [2.45, 2.75) is 19.8 Å². The van der Waals surface area contributed by atoms with Crippen LogP contribution in [0.3, 0.4) is 0 Å². The molecule has 0 fully saturated rings. The van der Waals surface area contributed by atoms with E-state index in [2.05, 4.69) is 54.4 Å². The topological polar surface area (TPSA) is 54.8 Å². The van der Waals surface area contributed by atoms with E-state index in [9.17, 15) is 5.11 Å². The molecule has 0 saturated heterocycles. The first kappa shape index (κ1) is 21.9. The smallest absolute Gasteiger partial charge is 0.511 e. The number of phenolic OH excluding ortho intramolecular Hbond substituents is 1. The van der Waals surface area contributed by atoms with Crippen LogP contribution in [0.5, 0.6) is 5.75 Å². The number of aromatic hydroxyl groups is 1. The van der Waals surface area contributed by atoms with E-state index in [4.69, 9.17) is 0 Å². The Morgan fingerprint density at radius 2 is 1.84 bits per heavy atom. The number of nitrogens with zero attached hydrogens (tertiary/aromatic N) is 4. The van der Waals surface area contributed by atoms with Crippen LogP contribution in [0.25, 0.3) is 33.5 Å². The van der Waals surface area contributed by atoms with E-state index >= 15 is 0 Å². The van der Waals surface area contributed by atoms with Crippen LogP contribution in [0.4, 0.5) is 0 Å². The molecule has 0 aliphatic carbocycles. The van der Waals surface area contributed by atoms with Crippen molar-refractivity contribution in [2.75, 3.05) is 0 Å². The summed E-state index contributed by atoms with van der Waals surface area (Å²) in [6.07, 6.45) is 8.57. The molecule has 0 aliphatic rings. The van der Waals surface area contributed by atoms with Gasteiger partial charge in [0.25, 0.3) is 6.33 Å². The Balaban J connectivity index is 0.00000245. The quantitative estimate of drug-likeness (QED) is 0.239. The van der Waals surface area contributed by atoms with Crippen molar-refractivity contribution in [3.05, 3.63) is 97.3 Å². The number of benzene rings is 3. The van der Waals surface area contributed by atoms with Gasteiger partial charge >= 0.3 is 21.1 Å². The van der Waals surface area contributed by atoms with Gasteiger partial charge in [0, 0.05) is 12.4 Å². The second-order valence-electron chi connectivity index (χ2n) is 7.73. The molecule has 6 heteroatoms. The molecular weight excluding hydrogens is 579 g/mol. The number of aromatic nitrogens is 4. The second kappa shape index (κ2) is 9.05. The Morgan fingerprint density at radius 3 is 2.66 bits per heavy atom. The monoisotopic (exact) mass is 600 g/mol. The van der Waals surface area contributed by atoms with Crippen molar-refractivity contribution in [3.63, 3.8) is 0 Å². The number of phenols is 1. The summed E-state index contributed by atoms with van der Waals surface area (Å²) in [5, 5.41) is 11.1. The van der Waals surface area contributed by atoms with Crippen LogP contribution in [-0.4, -0.2) is 19.6 Å². The summed E-state index contributed by atoms with van der Waals surface area (Å²) in [7, 11) is 0. The van der Waals surface area contributed by atoms with Gasteiger partial charge in [-0.1, -0.05) is 38.1 Å². The summed E-state index contributed by atoms with van der Waals surface area (Å²) < 4.78 is 3.60. The fraction of sp³-hybridized carbons (Fsp3) is 0.115. The van der Waals surface area contributed by atoms with Crippen molar-refractivity contribution >= 4 is 10.9 Å². The zero-order valence-corrected chi connectivity index (χ0v) is 19.9.